The molecule has 1 N–H and O–H groups in total. The van der Waals surface area contributed by atoms with Crippen LogP contribution < -0.4 is 5.32 Å². The van der Waals surface area contributed by atoms with Crippen LogP contribution in [0.4, 0.5) is 14.5 Å². The Morgan fingerprint density at radius 1 is 1.04 bits per heavy atom. The molecule has 2 aromatic carbocycles. The van der Waals surface area contributed by atoms with E-state index in [2.05, 4.69) is 17.2 Å². The van der Waals surface area contributed by atoms with Gasteiger partial charge in [0, 0.05) is 17.0 Å². The van der Waals surface area contributed by atoms with Crippen molar-refractivity contribution in [2.45, 2.75) is 20.8 Å². The Kier molecular flexibility index (Phi) is 4.89. The zero-order chi connectivity index (χ0) is 17.9. The Labute approximate surface area is 139 Å². The third-order valence-corrected chi connectivity index (χ3v) is 3.17. The van der Waals surface area contributed by atoms with Crippen molar-refractivity contribution in [2.75, 3.05) is 5.32 Å². The monoisotopic (exact) mass is 328 g/mol. The van der Waals surface area contributed by atoms with Gasteiger partial charge in [0.2, 0.25) is 5.91 Å². The number of carbonyl (C=O) groups excluding carboxylic acids is 1. The Hall–Kier alpha value is -2.87. The van der Waals surface area contributed by atoms with E-state index in [4.69, 9.17) is 0 Å². The summed E-state index contributed by atoms with van der Waals surface area (Å²) in [6, 6.07) is 7.46. The van der Waals surface area contributed by atoms with Gasteiger partial charge in [-0.1, -0.05) is 32.6 Å². The lowest BCUT2D eigenvalue weighted by Gasteiger charge is -2.18. The molecule has 5 heteroatoms. The van der Waals surface area contributed by atoms with E-state index in [-0.39, 0.29) is 17.0 Å². The van der Waals surface area contributed by atoms with E-state index in [1.165, 1.54) is 24.3 Å². The molecule has 0 saturated heterocycles. The molecule has 0 spiro atoms. The van der Waals surface area contributed by atoms with Crippen LogP contribution in [-0.4, -0.2) is 5.91 Å². The number of amides is 1. The van der Waals surface area contributed by atoms with Crippen molar-refractivity contribution in [3.63, 3.8) is 0 Å². The van der Waals surface area contributed by atoms with Gasteiger partial charge >= 0.3 is 0 Å². The van der Waals surface area contributed by atoms with Crippen LogP contribution in [0.5, 0.6) is 5.75 Å². The van der Waals surface area contributed by atoms with E-state index < -0.39 is 23.0 Å². The summed E-state index contributed by atoms with van der Waals surface area (Å²) in [6.45, 7) is 5.04. The lowest BCUT2D eigenvalue weighted by Crippen LogP contribution is -2.28. The largest absolute Gasteiger partial charge is 0.322 e. The fourth-order valence-electron chi connectivity index (χ4n) is 1.78. The summed E-state index contributed by atoms with van der Waals surface area (Å²) in [7, 11) is 0. The molecule has 0 atom stereocenters. The van der Waals surface area contributed by atoms with Crippen LogP contribution in [0, 0.1) is 28.9 Å². The van der Waals surface area contributed by atoms with Gasteiger partial charge in [0.1, 0.15) is 5.82 Å². The van der Waals surface area contributed by atoms with E-state index in [1.54, 1.807) is 20.8 Å². The van der Waals surface area contributed by atoms with Crippen LogP contribution in [0.1, 0.15) is 31.9 Å². The average Bonchev–Trinajstić information content (AvgIpc) is 2.48. The van der Waals surface area contributed by atoms with Crippen molar-refractivity contribution in [1.29, 1.82) is 0 Å². The van der Waals surface area contributed by atoms with Crippen LogP contribution in [0.3, 0.4) is 0 Å². The number of hydrogen-bond acceptors (Lipinski definition) is 1. The highest BCUT2D eigenvalue weighted by atomic mass is 19.1. The molecule has 3 nitrogen and oxygen atoms in total. The van der Waals surface area contributed by atoms with Crippen molar-refractivity contribution >= 4 is 11.6 Å². The lowest BCUT2D eigenvalue weighted by molar-refractivity contribution is -0.123. The number of anilines is 1. The van der Waals surface area contributed by atoms with Crippen molar-refractivity contribution < 1.29 is 18.7 Å². The molecule has 1 amide bonds. The maximum atomic E-state index is 14.1. The van der Waals surface area contributed by atoms with Gasteiger partial charge in [0.15, 0.2) is 11.6 Å². The molecule has 123 valence electrons. The molecular formula is C19H16F2NO2. The summed E-state index contributed by atoms with van der Waals surface area (Å²) in [4.78, 5) is 12.1. The second-order valence-corrected chi connectivity index (χ2v) is 6.29. The average molecular weight is 328 g/mol. The Morgan fingerprint density at radius 3 is 2.25 bits per heavy atom. The highest BCUT2D eigenvalue weighted by Gasteiger charge is 2.23. The minimum absolute atomic E-state index is 0.0244. The predicted molar refractivity (Wildman–Crippen MR) is 87.0 cm³/mol. The molecule has 1 radical (unpaired) electrons. The predicted octanol–water partition coefficient (Wildman–Crippen LogP) is 4.49. The van der Waals surface area contributed by atoms with Crippen LogP contribution in [0.15, 0.2) is 36.4 Å². The molecule has 0 bridgehead atoms. The minimum Gasteiger partial charge on any atom is -0.322 e. The first-order chi connectivity index (χ1) is 11.2. The summed E-state index contributed by atoms with van der Waals surface area (Å²) in [5.41, 5.74) is -0.358. The first kappa shape index (κ1) is 17.5. The fraction of sp³-hybridized carbons (Fsp3) is 0.211. The molecule has 0 aliphatic heterocycles. The van der Waals surface area contributed by atoms with Crippen LogP contribution in [0.2, 0.25) is 0 Å². The summed E-state index contributed by atoms with van der Waals surface area (Å²) in [5.74, 6) is 3.11. The van der Waals surface area contributed by atoms with Crippen molar-refractivity contribution in [2.24, 2.45) is 5.41 Å². The van der Waals surface area contributed by atoms with Crippen molar-refractivity contribution in [3.8, 4) is 17.6 Å². The first-order valence-corrected chi connectivity index (χ1v) is 7.26. The van der Waals surface area contributed by atoms with Gasteiger partial charge in [0.05, 0.1) is 11.3 Å². The smallest absolute Gasteiger partial charge is 0.229 e. The van der Waals surface area contributed by atoms with Crippen molar-refractivity contribution in [1.82, 2.24) is 0 Å². The van der Waals surface area contributed by atoms with E-state index >= 15 is 0 Å². The van der Waals surface area contributed by atoms with Gasteiger partial charge < -0.3 is 5.32 Å². The molecule has 0 aliphatic rings. The van der Waals surface area contributed by atoms with Crippen LogP contribution in [-0.2, 0) is 9.90 Å². The van der Waals surface area contributed by atoms with E-state index in [0.29, 0.717) is 11.6 Å². The van der Waals surface area contributed by atoms with Crippen molar-refractivity contribution in [3.05, 3.63) is 59.2 Å². The second kappa shape index (κ2) is 6.71. The fourth-order valence-corrected chi connectivity index (χ4v) is 1.78. The summed E-state index contributed by atoms with van der Waals surface area (Å²) in [5, 5.41) is 13.5. The number of rotatable bonds is 1. The number of nitrogens with one attached hydrogen (secondary N) is 1. The van der Waals surface area contributed by atoms with E-state index in [0.717, 1.165) is 6.07 Å². The number of halogens is 2. The molecule has 2 aromatic rings. The minimum atomic E-state index is -0.896. The van der Waals surface area contributed by atoms with Gasteiger partial charge in [-0.15, -0.1) is 0 Å². The summed E-state index contributed by atoms with van der Waals surface area (Å²) >= 11 is 0. The zero-order valence-electron chi connectivity index (χ0n) is 13.5. The molecule has 0 fully saturated rings. The normalized spacial score (nSPS) is 10.7. The van der Waals surface area contributed by atoms with E-state index in [9.17, 15) is 18.7 Å². The molecule has 2 rings (SSSR count). The highest BCUT2D eigenvalue weighted by Crippen LogP contribution is 2.24. The molecule has 0 aromatic heterocycles. The molecule has 0 unspecified atom stereocenters. The maximum Gasteiger partial charge on any atom is 0.229 e. The summed E-state index contributed by atoms with van der Waals surface area (Å²) < 4.78 is 27.6. The van der Waals surface area contributed by atoms with Gasteiger partial charge in [-0.3, -0.25) is 9.90 Å². The Morgan fingerprint density at radius 2 is 1.67 bits per heavy atom. The Balaban J connectivity index is 2.42. The first-order valence-electron chi connectivity index (χ1n) is 7.26. The summed E-state index contributed by atoms with van der Waals surface area (Å²) in [6.07, 6.45) is 0. The molecule has 0 aliphatic carbocycles. The topological polar surface area (TPSA) is 49.0 Å². The standard InChI is InChI=1S/C19H16F2NO2/c1-19(2,3)18(24)22-17-13(10-14(20)11-16(17)21)7-4-12-5-8-15(23)9-6-12/h5-6,8-11H,1-3H3,(H,22,24). The third-order valence-electron chi connectivity index (χ3n) is 3.17. The Bertz CT molecular complexity index is 825. The SMILES string of the molecule is CC(C)(C)C(=O)Nc1c(F)cc(F)cc1C#Cc1ccc([O])cc1. The van der Waals surface area contributed by atoms with Gasteiger partial charge in [0.25, 0.3) is 0 Å². The van der Waals surface area contributed by atoms with E-state index in [1.807, 2.05) is 0 Å². The lowest BCUT2D eigenvalue weighted by atomic mass is 9.95. The van der Waals surface area contributed by atoms with Crippen LogP contribution in [0.25, 0.3) is 0 Å². The molecular weight excluding hydrogens is 312 g/mol. The third kappa shape index (κ3) is 4.32. The highest BCUT2D eigenvalue weighted by molar-refractivity contribution is 5.95. The number of carbonyl (C=O) groups is 1. The molecule has 24 heavy (non-hydrogen) atoms. The second-order valence-electron chi connectivity index (χ2n) is 6.29. The molecule has 0 heterocycles. The molecule has 0 saturated carbocycles. The maximum absolute atomic E-state index is 14.1. The van der Waals surface area contributed by atoms with Gasteiger partial charge in [-0.2, -0.15) is 0 Å². The zero-order valence-corrected chi connectivity index (χ0v) is 13.5. The number of hydrogen-bond donors (Lipinski definition) is 1. The van der Waals surface area contributed by atoms with Crippen LogP contribution >= 0.6 is 0 Å². The quantitative estimate of drug-likeness (QED) is 0.770. The van der Waals surface area contributed by atoms with Gasteiger partial charge in [-0.05, 0) is 30.3 Å². The van der Waals surface area contributed by atoms with Gasteiger partial charge in [-0.25, -0.2) is 8.78 Å². The number of benzene rings is 2.